The Kier molecular flexibility index (Phi) is 3.44. The van der Waals surface area contributed by atoms with E-state index in [1.165, 1.54) is 0 Å². The van der Waals surface area contributed by atoms with E-state index in [4.69, 9.17) is 0 Å². The number of hydrogen-bond acceptors (Lipinski definition) is 2. The molecule has 16 heavy (non-hydrogen) atoms. The number of aliphatic hydroxyl groups is 1. The molecule has 2 heteroatoms. The fourth-order valence-corrected chi connectivity index (χ4v) is 1.85. The Morgan fingerprint density at radius 2 is 1.81 bits per heavy atom. The Morgan fingerprint density at radius 3 is 2.25 bits per heavy atom. The highest BCUT2D eigenvalue weighted by atomic mass is 16.3. The van der Waals surface area contributed by atoms with Crippen molar-refractivity contribution in [2.45, 2.75) is 32.8 Å². The first kappa shape index (κ1) is 12.8. The lowest BCUT2D eigenvalue weighted by Crippen LogP contribution is -2.39. The molecule has 88 valence electrons. The first-order valence-corrected chi connectivity index (χ1v) is 5.44. The fraction of sp³-hybridized carbons (Fsp3) is 0.429. The summed E-state index contributed by atoms with van der Waals surface area (Å²) in [5.41, 5.74) is -0.914. The summed E-state index contributed by atoms with van der Waals surface area (Å²) in [7, 11) is 0. The highest BCUT2D eigenvalue weighted by Crippen LogP contribution is 2.45. The lowest BCUT2D eigenvalue weighted by molar-refractivity contribution is -0.0631. The van der Waals surface area contributed by atoms with Gasteiger partial charge in [-0.25, -0.2) is 0 Å². The molecule has 0 heterocycles. The number of hydrogen-bond donors (Lipinski definition) is 2. The van der Waals surface area contributed by atoms with Crippen LogP contribution in [0.4, 0.5) is 0 Å². The molecule has 0 amide bonds. The molecule has 0 bridgehead atoms. The van der Waals surface area contributed by atoms with Gasteiger partial charge < -0.3 is 10.2 Å². The van der Waals surface area contributed by atoms with Gasteiger partial charge in [0.25, 0.3) is 0 Å². The highest BCUT2D eigenvalue weighted by molar-refractivity contribution is 5.38. The molecule has 1 aromatic rings. The highest BCUT2D eigenvalue weighted by Gasteiger charge is 2.42. The average molecular weight is 220 g/mol. The molecule has 0 saturated heterocycles. The topological polar surface area (TPSA) is 40.5 Å². The van der Waals surface area contributed by atoms with Crippen LogP contribution in [0.2, 0.25) is 0 Å². The Labute approximate surface area is 97.2 Å². The predicted octanol–water partition coefficient (Wildman–Crippen LogP) is 3.20. The first-order chi connectivity index (χ1) is 7.33. The van der Waals surface area contributed by atoms with Gasteiger partial charge in [0.1, 0.15) is 11.4 Å². The molecule has 0 saturated carbocycles. The molecular formula is C14H20O2. The minimum Gasteiger partial charge on any atom is -0.508 e. The second kappa shape index (κ2) is 4.30. The van der Waals surface area contributed by atoms with Crippen LogP contribution < -0.4 is 0 Å². The van der Waals surface area contributed by atoms with Crippen molar-refractivity contribution < 1.29 is 10.2 Å². The molecule has 0 spiro atoms. The van der Waals surface area contributed by atoms with Crippen molar-refractivity contribution in [3.8, 4) is 5.75 Å². The number of benzene rings is 1. The third kappa shape index (κ3) is 2.12. The number of phenols is 1. The lowest BCUT2D eigenvalue weighted by Gasteiger charge is -2.40. The van der Waals surface area contributed by atoms with E-state index < -0.39 is 5.60 Å². The third-order valence-corrected chi connectivity index (χ3v) is 3.03. The Morgan fingerprint density at radius 1 is 1.25 bits per heavy atom. The second-order valence-electron chi connectivity index (χ2n) is 5.12. The molecule has 2 nitrogen and oxygen atoms in total. The van der Waals surface area contributed by atoms with E-state index in [-0.39, 0.29) is 11.2 Å². The van der Waals surface area contributed by atoms with Gasteiger partial charge in [0.15, 0.2) is 0 Å². The predicted molar refractivity (Wildman–Crippen MR) is 66.3 cm³/mol. The summed E-state index contributed by atoms with van der Waals surface area (Å²) in [5.74, 6) is 0.127. The van der Waals surface area contributed by atoms with E-state index in [9.17, 15) is 10.2 Å². The maximum absolute atomic E-state index is 10.8. The van der Waals surface area contributed by atoms with Gasteiger partial charge >= 0.3 is 0 Å². The summed E-state index contributed by atoms with van der Waals surface area (Å²) < 4.78 is 0. The van der Waals surface area contributed by atoms with Crippen molar-refractivity contribution in [1.29, 1.82) is 0 Å². The smallest absolute Gasteiger partial charge is 0.121 e. The lowest BCUT2D eigenvalue weighted by atomic mass is 9.70. The standard InChI is InChI=1S/C14H20O2/c1-5-10-14(16,13(2,3)4)11-8-6-7-9-12(11)15/h5-9,15-16H,1,10H2,2-4H3/t14-/m1/s1. The molecule has 1 atom stereocenters. The normalized spacial score (nSPS) is 15.5. The summed E-state index contributed by atoms with van der Waals surface area (Å²) in [6.07, 6.45) is 2.09. The maximum Gasteiger partial charge on any atom is 0.121 e. The van der Waals surface area contributed by atoms with Crippen LogP contribution in [0.15, 0.2) is 36.9 Å². The van der Waals surface area contributed by atoms with E-state index in [1.54, 1.807) is 24.3 Å². The largest absolute Gasteiger partial charge is 0.508 e. The first-order valence-electron chi connectivity index (χ1n) is 5.44. The van der Waals surface area contributed by atoms with Crippen LogP contribution in [0, 0.1) is 5.41 Å². The molecule has 0 fully saturated rings. The molecule has 1 aromatic carbocycles. The average Bonchev–Trinajstić information content (AvgIpc) is 2.16. The molecule has 0 unspecified atom stereocenters. The number of para-hydroxylation sites is 1. The maximum atomic E-state index is 10.8. The Balaban J connectivity index is 3.33. The summed E-state index contributed by atoms with van der Waals surface area (Å²) in [6.45, 7) is 9.51. The van der Waals surface area contributed by atoms with Crippen molar-refractivity contribution >= 4 is 0 Å². The van der Waals surface area contributed by atoms with Crippen LogP contribution in [0.3, 0.4) is 0 Å². The third-order valence-electron chi connectivity index (χ3n) is 3.03. The number of aromatic hydroxyl groups is 1. The number of phenolic OH excluding ortho intramolecular Hbond substituents is 1. The van der Waals surface area contributed by atoms with Gasteiger partial charge in [0.05, 0.1) is 0 Å². The summed E-state index contributed by atoms with van der Waals surface area (Å²) >= 11 is 0. The van der Waals surface area contributed by atoms with Gasteiger partial charge in [-0.3, -0.25) is 0 Å². The van der Waals surface area contributed by atoms with Crippen molar-refractivity contribution in [1.82, 2.24) is 0 Å². The monoisotopic (exact) mass is 220 g/mol. The van der Waals surface area contributed by atoms with Crippen molar-refractivity contribution in [3.63, 3.8) is 0 Å². The van der Waals surface area contributed by atoms with E-state index in [0.717, 1.165) is 0 Å². The molecular weight excluding hydrogens is 200 g/mol. The van der Waals surface area contributed by atoms with Crippen LogP contribution >= 0.6 is 0 Å². The summed E-state index contributed by atoms with van der Waals surface area (Å²) in [4.78, 5) is 0. The van der Waals surface area contributed by atoms with Crippen LogP contribution in [-0.4, -0.2) is 10.2 Å². The SMILES string of the molecule is C=CC[C@@](O)(c1ccccc1O)C(C)(C)C. The number of rotatable bonds is 3. The van der Waals surface area contributed by atoms with Gasteiger partial charge in [0.2, 0.25) is 0 Å². The molecule has 0 aliphatic carbocycles. The molecule has 0 radical (unpaired) electrons. The van der Waals surface area contributed by atoms with Crippen LogP contribution in [0.5, 0.6) is 5.75 Å². The Hall–Kier alpha value is -1.28. The van der Waals surface area contributed by atoms with Crippen LogP contribution in [-0.2, 0) is 5.60 Å². The molecule has 0 aliphatic rings. The van der Waals surface area contributed by atoms with E-state index >= 15 is 0 Å². The van der Waals surface area contributed by atoms with Gasteiger partial charge in [-0.15, -0.1) is 6.58 Å². The van der Waals surface area contributed by atoms with Crippen LogP contribution in [0.25, 0.3) is 0 Å². The molecule has 2 N–H and O–H groups in total. The quantitative estimate of drug-likeness (QED) is 0.768. The van der Waals surface area contributed by atoms with Gasteiger partial charge in [0, 0.05) is 5.56 Å². The van der Waals surface area contributed by atoms with E-state index in [2.05, 4.69) is 6.58 Å². The van der Waals surface area contributed by atoms with Gasteiger partial charge in [-0.05, 0) is 17.9 Å². The zero-order valence-corrected chi connectivity index (χ0v) is 10.2. The molecule has 1 rings (SSSR count). The summed E-state index contributed by atoms with van der Waals surface area (Å²) in [5, 5.41) is 20.6. The van der Waals surface area contributed by atoms with E-state index in [0.29, 0.717) is 12.0 Å². The van der Waals surface area contributed by atoms with Crippen molar-refractivity contribution in [2.24, 2.45) is 5.41 Å². The van der Waals surface area contributed by atoms with Crippen molar-refractivity contribution in [2.75, 3.05) is 0 Å². The minimum atomic E-state index is -1.10. The molecule has 0 aromatic heterocycles. The van der Waals surface area contributed by atoms with E-state index in [1.807, 2.05) is 26.8 Å². The van der Waals surface area contributed by atoms with Gasteiger partial charge in [-0.1, -0.05) is 45.0 Å². The summed E-state index contributed by atoms with van der Waals surface area (Å²) in [6, 6.07) is 6.91. The minimum absolute atomic E-state index is 0.127. The second-order valence-corrected chi connectivity index (χ2v) is 5.12. The zero-order valence-electron chi connectivity index (χ0n) is 10.2. The van der Waals surface area contributed by atoms with Crippen molar-refractivity contribution in [3.05, 3.63) is 42.5 Å². The van der Waals surface area contributed by atoms with Crippen LogP contribution in [0.1, 0.15) is 32.8 Å². The van der Waals surface area contributed by atoms with Gasteiger partial charge in [-0.2, -0.15) is 0 Å². The fourth-order valence-electron chi connectivity index (χ4n) is 1.85. The molecule has 0 aliphatic heterocycles. The Bertz CT molecular complexity index is 377. The zero-order chi connectivity index (χ0) is 12.4.